The molecule has 1 aliphatic heterocycles. The summed E-state index contributed by atoms with van der Waals surface area (Å²) in [4.78, 5) is 23.7. The third kappa shape index (κ3) is 4.12. The van der Waals surface area contributed by atoms with Gasteiger partial charge in [0.2, 0.25) is 10.0 Å². The minimum Gasteiger partial charge on any atom is -0.481 e. The topological polar surface area (TPSA) is 104 Å². The van der Waals surface area contributed by atoms with Crippen molar-refractivity contribution < 1.29 is 23.1 Å². The van der Waals surface area contributed by atoms with E-state index in [-0.39, 0.29) is 18.2 Å². The Morgan fingerprint density at radius 3 is 2.52 bits per heavy atom. The molecule has 8 heteroatoms. The van der Waals surface area contributed by atoms with Crippen molar-refractivity contribution in [3.05, 3.63) is 29.3 Å². The third-order valence-electron chi connectivity index (χ3n) is 4.79. The largest absolute Gasteiger partial charge is 0.481 e. The Balaban J connectivity index is 2.26. The van der Waals surface area contributed by atoms with Crippen LogP contribution in [-0.4, -0.2) is 43.7 Å². The van der Waals surface area contributed by atoms with E-state index in [0.717, 1.165) is 11.8 Å². The summed E-state index contributed by atoms with van der Waals surface area (Å²) >= 11 is 0. The number of nitrogens with zero attached hydrogens (tertiary/aromatic N) is 1. The molecule has 1 aliphatic rings. The maximum atomic E-state index is 12.6. The highest BCUT2D eigenvalue weighted by Crippen LogP contribution is 2.31. The Bertz CT molecular complexity index is 803. The molecule has 2 N–H and O–H groups in total. The van der Waals surface area contributed by atoms with E-state index in [0.29, 0.717) is 24.2 Å². The molecular weight excluding hydrogens is 344 g/mol. The predicted octanol–water partition coefficient (Wildman–Crippen LogP) is 1.63. The van der Waals surface area contributed by atoms with Gasteiger partial charge in [-0.15, -0.1) is 0 Å². The van der Waals surface area contributed by atoms with Gasteiger partial charge in [-0.2, -0.15) is 0 Å². The smallest absolute Gasteiger partial charge is 0.305 e. The van der Waals surface area contributed by atoms with Crippen LogP contribution in [0.25, 0.3) is 0 Å². The highest BCUT2D eigenvalue weighted by molar-refractivity contribution is 7.92. The average Bonchev–Trinajstić information content (AvgIpc) is 2.88. The number of amides is 1. The van der Waals surface area contributed by atoms with Gasteiger partial charge in [-0.3, -0.25) is 13.9 Å². The number of carboxylic acid groups (broad SMARTS) is 1. The van der Waals surface area contributed by atoms with Crippen LogP contribution < -0.4 is 9.62 Å². The molecule has 7 nitrogen and oxygen atoms in total. The molecule has 0 aliphatic carbocycles. The number of hydrogen-bond donors (Lipinski definition) is 2. The number of hydrogen-bond acceptors (Lipinski definition) is 4. The summed E-state index contributed by atoms with van der Waals surface area (Å²) in [5, 5.41) is 11.9. The molecule has 1 amide bonds. The quantitative estimate of drug-likeness (QED) is 0.794. The van der Waals surface area contributed by atoms with Crippen LogP contribution in [0.15, 0.2) is 18.2 Å². The molecule has 0 saturated carbocycles. The summed E-state index contributed by atoms with van der Waals surface area (Å²) in [6, 6.07) is 4.87. The van der Waals surface area contributed by atoms with Crippen LogP contribution in [0.1, 0.15) is 43.1 Å². The molecule has 1 heterocycles. The summed E-state index contributed by atoms with van der Waals surface area (Å²) in [7, 11) is -3.34. The van der Waals surface area contributed by atoms with Gasteiger partial charge in [-0.1, -0.05) is 13.8 Å². The Kier molecular flexibility index (Phi) is 5.13. The van der Waals surface area contributed by atoms with Crippen molar-refractivity contribution in [2.75, 3.05) is 17.1 Å². The van der Waals surface area contributed by atoms with Crippen molar-refractivity contribution in [3.63, 3.8) is 0 Å². The molecular formula is C17H24N2O5S. The number of nitrogens with one attached hydrogen (secondary N) is 1. The molecule has 25 heavy (non-hydrogen) atoms. The number of fused-ring (bicyclic) bond motifs is 1. The Morgan fingerprint density at radius 1 is 1.36 bits per heavy atom. The normalized spacial score (nSPS) is 16.4. The van der Waals surface area contributed by atoms with E-state index in [2.05, 4.69) is 5.32 Å². The lowest BCUT2D eigenvalue weighted by Crippen LogP contribution is -2.51. The fourth-order valence-electron chi connectivity index (χ4n) is 2.90. The molecule has 2 rings (SSSR count). The number of sulfonamides is 1. The Labute approximate surface area is 148 Å². The summed E-state index contributed by atoms with van der Waals surface area (Å²) in [6.45, 7) is 5.79. The van der Waals surface area contributed by atoms with Crippen molar-refractivity contribution in [1.29, 1.82) is 0 Å². The number of carbonyl (C=O) groups excluding carboxylic acids is 1. The van der Waals surface area contributed by atoms with Crippen LogP contribution in [0.2, 0.25) is 0 Å². The van der Waals surface area contributed by atoms with Crippen LogP contribution >= 0.6 is 0 Å². The number of carboxylic acids is 1. The summed E-state index contributed by atoms with van der Waals surface area (Å²) < 4.78 is 24.9. The molecule has 0 radical (unpaired) electrons. The van der Waals surface area contributed by atoms with Gasteiger partial charge in [0.1, 0.15) is 0 Å². The van der Waals surface area contributed by atoms with Crippen molar-refractivity contribution in [1.82, 2.24) is 5.32 Å². The number of carbonyl (C=O) groups is 2. The van der Waals surface area contributed by atoms with Gasteiger partial charge in [0.15, 0.2) is 0 Å². The maximum Gasteiger partial charge on any atom is 0.305 e. The van der Waals surface area contributed by atoms with Crippen molar-refractivity contribution in [2.24, 2.45) is 5.92 Å². The summed E-state index contributed by atoms with van der Waals surface area (Å²) in [5.74, 6) is -1.41. The first kappa shape index (κ1) is 19.2. The fourth-order valence-corrected chi connectivity index (χ4v) is 3.85. The lowest BCUT2D eigenvalue weighted by atomic mass is 9.85. The molecule has 138 valence electrons. The zero-order valence-corrected chi connectivity index (χ0v) is 15.7. The molecule has 1 aromatic carbocycles. The Morgan fingerprint density at radius 2 is 2.00 bits per heavy atom. The number of rotatable bonds is 6. The molecule has 1 unspecified atom stereocenters. The van der Waals surface area contributed by atoms with Gasteiger partial charge in [0, 0.05) is 12.1 Å². The van der Waals surface area contributed by atoms with E-state index in [1.54, 1.807) is 25.1 Å². The van der Waals surface area contributed by atoms with E-state index >= 15 is 0 Å². The van der Waals surface area contributed by atoms with E-state index in [9.17, 15) is 18.0 Å². The molecule has 0 bridgehead atoms. The minimum absolute atomic E-state index is 0.0669. The monoisotopic (exact) mass is 368 g/mol. The second-order valence-electron chi connectivity index (χ2n) is 7.03. The van der Waals surface area contributed by atoms with Gasteiger partial charge in [0.05, 0.1) is 23.9 Å². The molecule has 0 saturated heterocycles. The highest BCUT2D eigenvalue weighted by atomic mass is 32.2. The zero-order chi connectivity index (χ0) is 19.0. The van der Waals surface area contributed by atoms with Crippen LogP contribution in [-0.2, 0) is 21.2 Å². The van der Waals surface area contributed by atoms with Crippen molar-refractivity contribution >= 4 is 27.6 Å². The lowest BCUT2D eigenvalue weighted by Gasteiger charge is -2.33. The van der Waals surface area contributed by atoms with E-state index in [4.69, 9.17) is 5.11 Å². The second kappa shape index (κ2) is 6.67. The van der Waals surface area contributed by atoms with E-state index in [1.165, 1.54) is 4.31 Å². The van der Waals surface area contributed by atoms with Gasteiger partial charge in [-0.05, 0) is 43.0 Å². The molecule has 0 fully saturated rings. The Hall–Kier alpha value is -2.09. The molecule has 0 aromatic heterocycles. The van der Waals surface area contributed by atoms with Gasteiger partial charge >= 0.3 is 5.97 Å². The standard InChI is InChI=1S/C17H24N2O5S/c1-11(2)17(3,10-15(20)21)18-16(22)13-5-6-14-12(9-13)7-8-19(14)25(4,23)24/h5-6,9,11H,7-8,10H2,1-4H3,(H,18,22)(H,20,21). The van der Waals surface area contributed by atoms with Crippen molar-refractivity contribution in [3.8, 4) is 0 Å². The number of anilines is 1. The number of aliphatic carboxylic acids is 1. The van der Waals surface area contributed by atoms with Gasteiger partial charge in [0.25, 0.3) is 5.91 Å². The van der Waals surface area contributed by atoms with Crippen LogP contribution in [0.4, 0.5) is 5.69 Å². The maximum absolute atomic E-state index is 12.6. The zero-order valence-electron chi connectivity index (χ0n) is 14.9. The minimum atomic E-state index is -3.34. The first-order valence-corrected chi connectivity index (χ1v) is 9.94. The molecule has 1 aromatic rings. The van der Waals surface area contributed by atoms with Crippen LogP contribution in [0.3, 0.4) is 0 Å². The predicted molar refractivity (Wildman–Crippen MR) is 95.3 cm³/mol. The first-order chi connectivity index (χ1) is 11.4. The lowest BCUT2D eigenvalue weighted by molar-refractivity contribution is -0.138. The first-order valence-electron chi connectivity index (χ1n) is 8.09. The SMILES string of the molecule is CC(C)C(C)(CC(=O)O)NC(=O)c1ccc2c(c1)CCN2S(C)(=O)=O. The van der Waals surface area contributed by atoms with Gasteiger partial charge < -0.3 is 10.4 Å². The highest BCUT2D eigenvalue weighted by Gasteiger charge is 2.33. The summed E-state index contributed by atoms with van der Waals surface area (Å²) in [5.41, 5.74) is 0.908. The number of benzene rings is 1. The van der Waals surface area contributed by atoms with Gasteiger partial charge in [-0.25, -0.2) is 8.42 Å². The third-order valence-corrected chi connectivity index (χ3v) is 5.97. The van der Waals surface area contributed by atoms with E-state index < -0.39 is 21.5 Å². The second-order valence-corrected chi connectivity index (χ2v) is 8.93. The van der Waals surface area contributed by atoms with Crippen LogP contribution in [0.5, 0.6) is 0 Å². The molecule has 1 atom stereocenters. The summed E-state index contributed by atoms with van der Waals surface area (Å²) in [6.07, 6.45) is 1.52. The van der Waals surface area contributed by atoms with Crippen molar-refractivity contribution in [2.45, 2.75) is 39.2 Å². The molecule has 0 spiro atoms. The van der Waals surface area contributed by atoms with Crippen LogP contribution in [0, 0.1) is 5.92 Å². The van der Waals surface area contributed by atoms with E-state index in [1.807, 2.05) is 13.8 Å². The average molecular weight is 368 g/mol. The fraction of sp³-hybridized carbons (Fsp3) is 0.529.